The minimum atomic E-state index is 0.0554. The molecule has 2 fully saturated rings. The van der Waals surface area contributed by atoms with Crippen LogP contribution in [0.5, 0.6) is 0 Å². The molecule has 0 aliphatic carbocycles. The van der Waals surface area contributed by atoms with E-state index in [1.807, 2.05) is 17.9 Å². The lowest BCUT2D eigenvalue weighted by molar-refractivity contribution is 0.0243. The zero-order valence-electron chi connectivity index (χ0n) is 14.6. The van der Waals surface area contributed by atoms with Gasteiger partial charge in [0.2, 0.25) is 0 Å². The Balaban J connectivity index is 1.36. The first-order valence-electron chi connectivity index (χ1n) is 9.02. The van der Waals surface area contributed by atoms with Gasteiger partial charge in [-0.3, -0.25) is 9.69 Å². The largest absolute Gasteiger partial charge is 0.379 e. The Morgan fingerprint density at radius 3 is 2.76 bits per heavy atom. The molecule has 2 aromatic heterocycles. The third-order valence-corrected chi connectivity index (χ3v) is 5.28. The molecule has 4 heterocycles. The van der Waals surface area contributed by atoms with Crippen LogP contribution in [0.2, 0.25) is 0 Å². The third kappa shape index (κ3) is 3.52. The molecule has 0 aromatic carbocycles. The van der Waals surface area contributed by atoms with Gasteiger partial charge in [0, 0.05) is 38.9 Å². The van der Waals surface area contributed by atoms with Gasteiger partial charge in [0.1, 0.15) is 0 Å². The lowest BCUT2D eigenvalue weighted by atomic mass is 9.95. The average molecular weight is 344 g/mol. The first kappa shape index (κ1) is 16.5. The summed E-state index contributed by atoms with van der Waals surface area (Å²) < 4.78 is 10.5. The molecule has 134 valence electrons. The van der Waals surface area contributed by atoms with Gasteiger partial charge in [0.05, 0.1) is 29.9 Å². The topological polar surface area (TPSA) is 71.7 Å². The summed E-state index contributed by atoms with van der Waals surface area (Å²) in [6.07, 6.45) is 3.71. The number of hydrogen-bond donors (Lipinski definition) is 0. The molecule has 0 radical (unpaired) electrons. The van der Waals surface area contributed by atoms with Crippen LogP contribution in [0.25, 0.3) is 11.1 Å². The standard InChI is InChI=1S/C18H24N4O3/c1-13-16-10-15(11-19-17(16)25-20-13)18(23)22-4-2-14(3-5-22)12-21-6-8-24-9-7-21/h10-11,14H,2-9,12H2,1H3. The maximum absolute atomic E-state index is 12.8. The molecule has 0 bridgehead atoms. The number of amides is 1. The fraction of sp³-hybridized carbons (Fsp3) is 0.611. The highest BCUT2D eigenvalue weighted by molar-refractivity contribution is 5.97. The van der Waals surface area contributed by atoms with Crippen molar-refractivity contribution in [2.75, 3.05) is 45.9 Å². The number of fused-ring (bicyclic) bond motifs is 1. The minimum absolute atomic E-state index is 0.0554. The van der Waals surface area contributed by atoms with Crippen LogP contribution in [0.15, 0.2) is 16.8 Å². The number of carbonyl (C=O) groups is 1. The van der Waals surface area contributed by atoms with Crippen molar-refractivity contribution in [2.24, 2.45) is 5.92 Å². The molecule has 0 saturated carbocycles. The third-order valence-electron chi connectivity index (χ3n) is 5.28. The van der Waals surface area contributed by atoms with Crippen molar-refractivity contribution in [3.05, 3.63) is 23.5 Å². The van der Waals surface area contributed by atoms with E-state index in [9.17, 15) is 4.79 Å². The summed E-state index contributed by atoms with van der Waals surface area (Å²) in [6.45, 7) is 8.36. The molecule has 2 saturated heterocycles. The van der Waals surface area contributed by atoms with Crippen LogP contribution in [0.1, 0.15) is 28.9 Å². The SMILES string of the molecule is Cc1noc2ncc(C(=O)N3CCC(CN4CCOCC4)CC3)cc12. The van der Waals surface area contributed by atoms with Gasteiger partial charge in [-0.1, -0.05) is 5.16 Å². The molecule has 0 atom stereocenters. The number of aryl methyl sites for hydroxylation is 1. The number of nitrogens with zero attached hydrogens (tertiary/aromatic N) is 4. The number of morpholine rings is 1. The highest BCUT2D eigenvalue weighted by Gasteiger charge is 2.26. The summed E-state index contributed by atoms with van der Waals surface area (Å²) in [5.74, 6) is 0.725. The van der Waals surface area contributed by atoms with E-state index in [-0.39, 0.29) is 5.91 Å². The second kappa shape index (κ2) is 7.09. The fourth-order valence-electron chi connectivity index (χ4n) is 3.71. The van der Waals surface area contributed by atoms with Crippen molar-refractivity contribution in [1.29, 1.82) is 0 Å². The summed E-state index contributed by atoms with van der Waals surface area (Å²) >= 11 is 0. The molecule has 2 aliphatic rings. The number of pyridine rings is 1. The van der Waals surface area contributed by atoms with Crippen molar-refractivity contribution < 1.29 is 14.1 Å². The van der Waals surface area contributed by atoms with Gasteiger partial charge in [-0.25, -0.2) is 4.98 Å². The molecule has 7 heteroatoms. The smallest absolute Gasteiger partial charge is 0.257 e. The Bertz CT molecular complexity index is 746. The number of ether oxygens (including phenoxy) is 1. The zero-order chi connectivity index (χ0) is 17.2. The second-order valence-electron chi connectivity index (χ2n) is 6.99. The highest BCUT2D eigenvalue weighted by Crippen LogP contribution is 2.22. The summed E-state index contributed by atoms with van der Waals surface area (Å²) in [6, 6.07) is 1.84. The van der Waals surface area contributed by atoms with E-state index in [4.69, 9.17) is 9.26 Å². The summed E-state index contributed by atoms with van der Waals surface area (Å²) in [5, 5.41) is 4.71. The number of rotatable bonds is 3. The van der Waals surface area contributed by atoms with Gasteiger partial charge in [-0.05, 0) is 31.7 Å². The molecule has 0 spiro atoms. The van der Waals surface area contributed by atoms with Crippen LogP contribution >= 0.6 is 0 Å². The molecule has 25 heavy (non-hydrogen) atoms. The molecular weight excluding hydrogens is 320 g/mol. The molecular formula is C18H24N4O3. The molecule has 1 amide bonds. The van der Waals surface area contributed by atoms with Crippen LogP contribution in [0, 0.1) is 12.8 Å². The Morgan fingerprint density at radius 2 is 2.00 bits per heavy atom. The maximum Gasteiger partial charge on any atom is 0.257 e. The van der Waals surface area contributed by atoms with Crippen molar-refractivity contribution in [1.82, 2.24) is 19.9 Å². The molecule has 0 unspecified atom stereocenters. The van der Waals surface area contributed by atoms with Crippen molar-refractivity contribution in [2.45, 2.75) is 19.8 Å². The first-order valence-corrected chi connectivity index (χ1v) is 9.02. The van der Waals surface area contributed by atoms with Crippen LogP contribution in [-0.2, 0) is 4.74 Å². The lowest BCUT2D eigenvalue weighted by Gasteiger charge is -2.36. The lowest BCUT2D eigenvalue weighted by Crippen LogP contribution is -2.44. The number of aromatic nitrogens is 2. The summed E-state index contributed by atoms with van der Waals surface area (Å²) in [4.78, 5) is 21.4. The van der Waals surface area contributed by atoms with Gasteiger partial charge in [0.25, 0.3) is 11.6 Å². The van der Waals surface area contributed by atoms with Crippen molar-refractivity contribution in [3.63, 3.8) is 0 Å². The fourth-order valence-corrected chi connectivity index (χ4v) is 3.71. The van der Waals surface area contributed by atoms with E-state index in [1.165, 1.54) is 0 Å². The second-order valence-corrected chi connectivity index (χ2v) is 6.99. The van der Waals surface area contributed by atoms with E-state index in [0.717, 1.165) is 69.9 Å². The zero-order valence-corrected chi connectivity index (χ0v) is 14.6. The Morgan fingerprint density at radius 1 is 1.24 bits per heavy atom. The number of likely N-dealkylation sites (tertiary alicyclic amines) is 1. The van der Waals surface area contributed by atoms with Gasteiger partial charge in [-0.2, -0.15) is 0 Å². The van der Waals surface area contributed by atoms with E-state index in [2.05, 4.69) is 15.0 Å². The molecule has 0 N–H and O–H groups in total. The van der Waals surface area contributed by atoms with Gasteiger partial charge in [0.15, 0.2) is 0 Å². The number of hydrogen-bond acceptors (Lipinski definition) is 6. The summed E-state index contributed by atoms with van der Waals surface area (Å²) in [5.41, 5.74) is 1.87. The Labute approximate surface area is 146 Å². The van der Waals surface area contributed by atoms with E-state index in [0.29, 0.717) is 17.2 Å². The van der Waals surface area contributed by atoms with E-state index in [1.54, 1.807) is 6.20 Å². The van der Waals surface area contributed by atoms with Crippen molar-refractivity contribution in [3.8, 4) is 0 Å². The molecule has 2 aliphatic heterocycles. The predicted octanol–water partition coefficient (Wildman–Crippen LogP) is 1.72. The van der Waals surface area contributed by atoms with Crippen LogP contribution < -0.4 is 0 Å². The van der Waals surface area contributed by atoms with Crippen LogP contribution in [0.3, 0.4) is 0 Å². The van der Waals surface area contributed by atoms with Crippen LogP contribution in [-0.4, -0.2) is 71.8 Å². The Hall–Kier alpha value is -1.99. The van der Waals surface area contributed by atoms with Gasteiger partial charge < -0.3 is 14.2 Å². The first-order chi connectivity index (χ1) is 12.2. The monoisotopic (exact) mass is 344 g/mol. The molecule has 7 nitrogen and oxygen atoms in total. The minimum Gasteiger partial charge on any atom is -0.379 e. The molecule has 4 rings (SSSR count). The average Bonchev–Trinajstić information content (AvgIpc) is 3.03. The number of piperidine rings is 1. The van der Waals surface area contributed by atoms with E-state index < -0.39 is 0 Å². The quantitative estimate of drug-likeness (QED) is 0.844. The van der Waals surface area contributed by atoms with Gasteiger partial charge in [-0.15, -0.1) is 0 Å². The predicted molar refractivity (Wildman–Crippen MR) is 92.4 cm³/mol. The normalized spacial score (nSPS) is 20.3. The number of carbonyl (C=O) groups excluding carboxylic acids is 1. The Kier molecular flexibility index (Phi) is 4.67. The van der Waals surface area contributed by atoms with Gasteiger partial charge >= 0.3 is 0 Å². The van der Waals surface area contributed by atoms with Crippen molar-refractivity contribution >= 4 is 17.0 Å². The van der Waals surface area contributed by atoms with Crippen LogP contribution in [0.4, 0.5) is 0 Å². The molecule has 2 aromatic rings. The highest BCUT2D eigenvalue weighted by atomic mass is 16.5. The summed E-state index contributed by atoms with van der Waals surface area (Å²) in [7, 11) is 0. The van der Waals surface area contributed by atoms with E-state index >= 15 is 0 Å². The maximum atomic E-state index is 12.8.